The molecular weight excluding hydrogens is 689 g/mol. The number of anilines is 3. The van der Waals surface area contributed by atoms with Crippen LogP contribution >= 0.6 is 0 Å². The van der Waals surface area contributed by atoms with Crippen molar-refractivity contribution < 1.29 is 0 Å². The molecule has 0 saturated heterocycles. The van der Waals surface area contributed by atoms with Crippen LogP contribution in [0.4, 0.5) is 17.1 Å². The lowest BCUT2D eigenvalue weighted by atomic mass is 9.81. The molecule has 2 heteroatoms. The molecule has 1 heterocycles. The van der Waals surface area contributed by atoms with Crippen molar-refractivity contribution in [2.45, 2.75) is 19.3 Å². The summed E-state index contributed by atoms with van der Waals surface area (Å²) in [4.78, 5) is 2.42. The molecule has 12 rings (SSSR count). The molecule has 2 aliphatic rings. The first-order valence-electron chi connectivity index (χ1n) is 19.9. The van der Waals surface area contributed by atoms with Crippen molar-refractivity contribution in [2.24, 2.45) is 0 Å². The number of rotatable bonds is 5. The standard InChI is InChI=1S/C55H38N2/c1-55(2)49-33-40(31-32-46(49)54-47-20-12-19-45-41-15-6-7-16-42(41)48(53(45)47)34-50(54)55)56(37-25-23-36(24-26-37)35-13-4-3-5-14-35)38-27-29-39(30-28-38)57-51-21-10-8-17-43(51)44-18-9-11-22-52(44)57/h3-34H,1-2H3. The number of aromatic nitrogens is 1. The third kappa shape index (κ3) is 4.59. The topological polar surface area (TPSA) is 8.17 Å². The van der Waals surface area contributed by atoms with Gasteiger partial charge in [0.25, 0.3) is 0 Å². The van der Waals surface area contributed by atoms with Crippen LogP contribution in [0.1, 0.15) is 25.0 Å². The Morgan fingerprint density at radius 3 is 1.63 bits per heavy atom. The van der Waals surface area contributed by atoms with Gasteiger partial charge in [-0.15, -0.1) is 0 Å². The molecule has 1 aromatic heterocycles. The molecule has 0 bridgehead atoms. The van der Waals surface area contributed by atoms with Crippen molar-refractivity contribution in [1.29, 1.82) is 0 Å². The summed E-state index contributed by atoms with van der Waals surface area (Å²) in [6, 6.07) is 71.6. The minimum Gasteiger partial charge on any atom is -0.310 e. The summed E-state index contributed by atoms with van der Waals surface area (Å²) < 4.78 is 2.39. The van der Waals surface area contributed by atoms with Crippen LogP contribution < -0.4 is 4.90 Å². The molecular formula is C55H38N2. The molecule has 0 spiro atoms. The van der Waals surface area contributed by atoms with Gasteiger partial charge in [-0.2, -0.15) is 0 Å². The van der Waals surface area contributed by atoms with Crippen LogP contribution in [0.5, 0.6) is 0 Å². The molecule has 0 fully saturated rings. The lowest BCUT2D eigenvalue weighted by Crippen LogP contribution is -2.16. The van der Waals surface area contributed by atoms with Crippen molar-refractivity contribution in [2.75, 3.05) is 4.90 Å². The highest BCUT2D eigenvalue weighted by molar-refractivity contribution is 6.20. The van der Waals surface area contributed by atoms with Crippen LogP contribution in [-0.2, 0) is 5.41 Å². The molecule has 2 aliphatic carbocycles. The van der Waals surface area contributed by atoms with Gasteiger partial charge in [0.15, 0.2) is 0 Å². The fourth-order valence-electron chi connectivity index (χ4n) is 10.0. The number of nitrogens with zero attached hydrogens (tertiary/aromatic N) is 2. The van der Waals surface area contributed by atoms with E-state index in [-0.39, 0.29) is 5.41 Å². The lowest BCUT2D eigenvalue weighted by molar-refractivity contribution is 0.661. The van der Waals surface area contributed by atoms with E-state index in [0.717, 1.165) is 22.7 Å². The van der Waals surface area contributed by atoms with E-state index >= 15 is 0 Å². The van der Waals surface area contributed by atoms with Crippen LogP contribution in [0.2, 0.25) is 0 Å². The van der Waals surface area contributed by atoms with Gasteiger partial charge in [-0.25, -0.2) is 0 Å². The highest BCUT2D eigenvalue weighted by Gasteiger charge is 2.39. The number of para-hydroxylation sites is 2. The number of fused-ring (bicyclic) bond motifs is 10. The average molecular weight is 727 g/mol. The van der Waals surface area contributed by atoms with Gasteiger partial charge in [0, 0.05) is 38.9 Å². The maximum absolute atomic E-state index is 2.50. The Morgan fingerprint density at radius 2 is 0.930 bits per heavy atom. The molecule has 9 aromatic carbocycles. The monoisotopic (exact) mass is 726 g/mol. The summed E-state index contributed by atoms with van der Waals surface area (Å²) in [7, 11) is 0. The summed E-state index contributed by atoms with van der Waals surface area (Å²) in [5.41, 5.74) is 20.1. The second-order valence-corrected chi connectivity index (χ2v) is 16.1. The first-order chi connectivity index (χ1) is 28.0. The van der Waals surface area contributed by atoms with Crippen molar-refractivity contribution in [3.8, 4) is 50.2 Å². The van der Waals surface area contributed by atoms with Crippen molar-refractivity contribution in [3.63, 3.8) is 0 Å². The summed E-state index contributed by atoms with van der Waals surface area (Å²) in [6.45, 7) is 4.81. The first-order valence-corrected chi connectivity index (χ1v) is 19.9. The summed E-state index contributed by atoms with van der Waals surface area (Å²) in [6.07, 6.45) is 0. The normalized spacial score (nSPS) is 13.2. The van der Waals surface area contributed by atoms with Crippen LogP contribution in [-0.4, -0.2) is 4.57 Å². The van der Waals surface area contributed by atoms with Gasteiger partial charge in [0.05, 0.1) is 11.0 Å². The highest BCUT2D eigenvalue weighted by Crippen LogP contribution is 2.58. The largest absolute Gasteiger partial charge is 0.310 e. The Kier molecular flexibility index (Phi) is 6.72. The minimum atomic E-state index is -0.192. The molecule has 0 amide bonds. The third-order valence-corrected chi connectivity index (χ3v) is 12.7. The molecule has 0 aliphatic heterocycles. The fraction of sp³-hybridized carbons (Fsp3) is 0.0545. The second-order valence-electron chi connectivity index (χ2n) is 16.1. The zero-order valence-electron chi connectivity index (χ0n) is 31.9. The van der Waals surface area contributed by atoms with E-state index in [1.807, 2.05) is 0 Å². The molecule has 0 saturated carbocycles. The van der Waals surface area contributed by atoms with Crippen LogP contribution in [0.15, 0.2) is 194 Å². The fourth-order valence-corrected chi connectivity index (χ4v) is 10.0. The molecule has 10 aromatic rings. The predicted octanol–water partition coefficient (Wildman–Crippen LogP) is 15.0. The molecule has 2 nitrogen and oxygen atoms in total. The summed E-state index contributed by atoms with van der Waals surface area (Å²) in [5.74, 6) is 0. The third-order valence-electron chi connectivity index (χ3n) is 12.7. The van der Waals surface area contributed by atoms with Crippen LogP contribution in [0.3, 0.4) is 0 Å². The summed E-state index contributed by atoms with van der Waals surface area (Å²) in [5, 5.41) is 5.27. The summed E-state index contributed by atoms with van der Waals surface area (Å²) >= 11 is 0. The van der Waals surface area contributed by atoms with Crippen LogP contribution in [0.25, 0.3) is 82.8 Å². The van der Waals surface area contributed by atoms with Gasteiger partial charge in [0.1, 0.15) is 0 Å². The molecule has 0 N–H and O–H groups in total. The second kappa shape index (κ2) is 11.9. The maximum Gasteiger partial charge on any atom is 0.0541 e. The van der Waals surface area contributed by atoms with E-state index in [9.17, 15) is 0 Å². The van der Waals surface area contributed by atoms with Gasteiger partial charge in [-0.1, -0.05) is 141 Å². The van der Waals surface area contributed by atoms with E-state index < -0.39 is 0 Å². The van der Waals surface area contributed by atoms with Crippen molar-refractivity contribution >= 4 is 49.6 Å². The Balaban J connectivity index is 1.02. The zero-order chi connectivity index (χ0) is 37.8. The molecule has 0 radical (unpaired) electrons. The van der Waals surface area contributed by atoms with E-state index in [1.165, 1.54) is 88.2 Å². The van der Waals surface area contributed by atoms with Crippen molar-refractivity contribution in [3.05, 3.63) is 205 Å². The van der Waals surface area contributed by atoms with E-state index in [1.54, 1.807) is 0 Å². The Bertz CT molecular complexity index is 3190. The minimum absolute atomic E-state index is 0.192. The first kappa shape index (κ1) is 32.1. The molecule has 57 heavy (non-hydrogen) atoms. The maximum atomic E-state index is 2.50. The van der Waals surface area contributed by atoms with Gasteiger partial charge in [-0.05, 0) is 133 Å². The molecule has 268 valence electrons. The Morgan fingerprint density at radius 1 is 0.386 bits per heavy atom. The van der Waals surface area contributed by atoms with Gasteiger partial charge in [0.2, 0.25) is 0 Å². The SMILES string of the molecule is CC1(C)c2cc(N(c3ccc(-c4ccccc4)cc3)c3ccc(-n4c5ccccc5c5ccccc54)cc3)ccc2-c2c1cc1c3c(cccc23)-c2ccccc2-1. The Labute approximate surface area is 332 Å². The van der Waals surface area contributed by atoms with E-state index in [0.29, 0.717) is 0 Å². The molecule has 0 atom stereocenters. The van der Waals surface area contributed by atoms with E-state index in [2.05, 4.69) is 217 Å². The Hall–Kier alpha value is -7.16. The average Bonchev–Trinajstić information content (AvgIpc) is 3.86. The van der Waals surface area contributed by atoms with Gasteiger partial charge >= 0.3 is 0 Å². The number of hydrogen-bond donors (Lipinski definition) is 0. The van der Waals surface area contributed by atoms with Crippen LogP contribution in [0, 0.1) is 0 Å². The van der Waals surface area contributed by atoms with Gasteiger partial charge < -0.3 is 9.47 Å². The predicted molar refractivity (Wildman–Crippen MR) is 240 cm³/mol. The highest BCUT2D eigenvalue weighted by atomic mass is 15.1. The number of hydrogen-bond acceptors (Lipinski definition) is 1. The lowest BCUT2D eigenvalue weighted by Gasteiger charge is -2.28. The molecule has 0 unspecified atom stereocenters. The smallest absolute Gasteiger partial charge is 0.0541 e. The zero-order valence-corrected chi connectivity index (χ0v) is 31.9. The van der Waals surface area contributed by atoms with Gasteiger partial charge in [-0.3, -0.25) is 0 Å². The van der Waals surface area contributed by atoms with E-state index in [4.69, 9.17) is 0 Å². The quantitative estimate of drug-likeness (QED) is 0.171. The number of benzene rings is 9. The van der Waals surface area contributed by atoms with Crippen molar-refractivity contribution in [1.82, 2.24) is 4.57 Å².